The van der Waals surface area contributed by atoms with E-state index in [0.717, 1.165) is 32.3 Å². The van der Waals surface area contributed by atoms with Crippen LogP contribution in [-0.2, 0) is 22.3 Å². The van der Waals surface area contributed by atoms with Crippen LogP contribution in [0.2, 0.25) is 0 Å². The minimum Gasteiger partial charge on any atom is -0.241 e. The quantitative estimate of drug-likeness (QED) is 0.710. The number of rotatable bonds is 6. The highest BCUT2D eigenvalue weighted by molar-refractivity contribution is 7.88. The van der Waals surface area contributed by atoms with Gasteiger partial charge in [-0.05, 0) is 19.4 Å². The Bertz CT molecular complexity index is 964. The molecule has 0 amide bonds. The van der Waals surface area contributed by atoms with Crippen LogP contribution >= 0.6 is 11.3 Å². The number of hydrogen-bond acceptors (Lipinski definition) is 4. The Hall–Kier alpha value is -2.02. The van der Waals surface area contributed by atoms with E-state index in [9.17, 15) is 8.42 Å². The number of benzene rings is 2. The summed E-state index contributed by atoms with van der Waals surface area (Å²) in [6.07, 6.45) is 0. The maximum absolute atomic E-state index is 12.3. The third-order valence-corrected chi connectivity index (χ3v) is 6.31. The summed E-state index contributed by atoms with van der Waals surface area (Å²) in [4.78, 5) is 5.50. The van der Waals surface area contributed by atoms with E-state index in [4.69, 9.17) is 0 Å². The van der Waals surface area contributed by atoms with Crippen molar-refractivity contribution in [3.8, 4) is 10.6 Å². The maximum atomic E-state index is 12.3. The monoisotopic (exact) mass is 372 g/mol. The number of hydrogen-bond donors (Lipinski definition) is 1. The number of nitrogens with zero attached hydrogens (tertiary/aromatic N) is 1. The second-order valence-corrected chi connectivity index (χ2v) is 8.85. The molecule has 0 atom stereocenters. The van der Waals surface area contributed by atoms with Crippen molar-refractivity contribution in [3.63, 3.8) is 0 Å². The first-order chi connectivity index (χ1) is 11.9. The molecule has 0 spiro atoms. The largest absolute Gasteiger partial charge is 0.241 e. The molecular formula is C19H20N2O2S2. The SMILES string of the molecule is Cc1cccc(CS(=O)(=O)NCc2sc(-c3ccccc3)nc2C)c1. The number of aryl methyl sites for hydroxylation is 2. The van der Waals surface area contributed by atoms with Crippen molar-refractivity contribution in [2.24, 2.45) is 0 Å². The highest BCUT2D eigenvalue weighted by Gasteiger charge is 2.15. The van der Waals surface area contributed by atoms with Crippen LogP contribution in [0, 0.1) is 13.8 Å². The molecule has 3 aromatic rings. The van der Waals surface area contributed by atoms with Crippen LogP contribution in [0.25, 0.3) is 10.6 Å². The summed E-state index contributed by atoms with van der Waals surface area (Å²) in [5, 5.41) is 0.908. The predicted molar refractivity (Wildman–Crippen MR) is 103 cm³/mol. The second-order valence-electron chi connectivity index (χ2n) is 5.96. The Morgan fingerprint density at radius 1 is 1.04 bits per heavy atom. The van der Waals surface area contributed by atoms with E-state index in [1.165, 1.54) is 11.3 Å². The molecule has 1 N–H and O–H groups in total. The molecule has 6 heteroatoms. The summed E-state index contributed by atoms with van der Waals surface area (Å²) in [6.45, 7) is 4.13. The molecule has 4 nitrogen and oxygen atoms in total. The molecule has 0 fully saturated rings. The van der Waals surface area contributed by atoms with Gasteiger partial charge in [0.15, 0.2) is 0 Å². The van der Waals surface area contributed by atoms with Crippen LogP contribution in [0.1, 0.15) is 21.7 Å². The van der Waals surface area contributed by atoms with Gasteiger partial charge in [0.25, 0.3) is 0 Å². The van der Waals surface area contributed by atoms with Crippen molar-refractivity contribution in [1.82, 2.24) is 9.71 Å². The van der Waals surface area contributed by atoms with Crippen molar-refractivity contribution in [2.45, 2.75) is 26.1 Å². The van der Waals surface area contributed by atoms with Gasteiger partial charge in [-0.3, -0.25) is 0 Å². The molecule has 0 aliphatic rings. The van der Waals surface area contributed by atoms with Gasteiger partial charge in [0, 0.05) is 17.0 Å². The van der Waals surface area contributed by atoms with Gasteiger partial charge in [0.2, 0.25) is 10.0 Å². The summed E-state index contributed by atoms with van der Waals surface area (Å²) < 4.78 is 27.4. The number of sulfonamides is 1. The molecule has 2 aromatic carbocycles. The van der Waals surface area contributed by atoms with Crippen LogP contribution in [-0.4, -0.2) is 13.4 Å². The van der Waals surface area contributed by atoms with Gasteiger partial charge in [-0.2, -0.15) is 0 Å². The maximum Gasteiger partial charge on any atom is 0.216 e. The highest BCUT2D eigenvalue weighted by Crippen LogP contribution is 2.27. The lowest BCUT2D eigenvalue weighted by molar-refractivity contribution is 0.581. The summed E-state index contributed by atoms with van der Waals surface area (Å²) >= 11 is 1.52. The number of aromatic nitrogens is 1. The van der Waals surface area contributed by atoms with Crippen LogP contribution in [0.15, 0.2) is 54.6 Å². The fourth-order valence-corrected chi connectivity index (χ4v) is 4.73. The van der Waals surface area contributed by atoms with Crippen molar-refractivity contribution in [1.29, 1.82) is 0 Å². The van der Waals surface area contributed by atoms with Crippen LogP contribution < -0.4 is 4.72 Å². The van der Waals surface area contributed by atoms with E-state index in [2.05, 4.69) is 9.71 Å². The standard InChI is InChI=1S/C19H20N2O2S2/c1-14-7-6-8-16(11-14)13-25(22,23)20-12-18-15(2)21-19(24-18)17-9-4-3-5-10-17/h3-11,20H,12-13H2,1-2H3. The molecule has 0 bridgehead atoms. The van der Waals surface area contributed by atoms with Crippen LogP contribution in [0.5, 0.6) is 0 Å². The average Bonchev–Trinajstić information content (AvgIpc) is 2.95. The van der Waals surface area contributed by atoms with Gasteiger partial charge in [0.1, 0.15) is 5.01 Å². The molecule has 3 rings (SSSR count). The van der Waals surface area contributed by atoms with Crippen molar-refractivity contribution < 1.29 is 8.42 Å². The Labute approximate surface area is 152 Å². The van der Waals surface area contributed by atoms with E-state index in [1.807, 2.05) is 68.4 Å². The molecule has 0 unspecified atom stereocenters. The fourth-order valence-electron chi connectivity index (χ4n) is 2.54. The van der Waals surface area contributed by atoms with Gasteiger partial charge < -0.3 is 0 Å². The summed E-state index contributed by atoms with van der Waals surface area (Å²) in [6, 6.07) is 17.5. The molecular weight excluding hydrogens is 352 g/mol. The van der Waals surface area contributed by atoms with Crippen molar-refractivity contribution in [3.05, 3.63) is 76.3 Å². The molecule has 130 valence electrons. The fraction of sp³-hybridized carbons (Fsp3) is 0.211. The summed E-state index contributed by atoms with van der Waals surface area (Å²) in [7, 11) is -3.39. The zero-order chi connectivity index (χ0) is 17.9. The van der Waals surface area contributed by atoms with E-state index in [-0.39, 0.29) is 12.3 Å². The lowest BCUT2D eigenvalue weighted by Gasteiger charge is -2.06. The smallest absolute Gasteiger partial charge is 0.216 e. The van der Waals surface area contributed by atoms with E-state index in [1.54, 1.807) is 0 Å². The van der Waals surface area contributed by atoms with Crippen molar-refractivity contribution in [2.75, 3.05) is 0 Å². The minimum absolute atomic E-state index is 0.0158. The third-order valence-electron chi connectivity index (χ3n) is 3.81. The molecule has 0 saturated heterocycles. The Morgan fingerprint density at radius 3 is 2.52 bits per heavy atom. The first kappa shape index (κ1) is 17.8. The van der Waals surface area contributed by atoms with E-state index < -0.39 is 10.0 Å². The molecule has 0 radical (unpaired) electrons. The van der Waals surface area contributed by atoms with Gasteiger partial charge in [0.05, 0.1) is 11.4 Å². The Balaban J connectivity index is 1.70. The molecule has 0 saturated carbocycles. The zero-order valence-corrected chi connectivity index (χ0v) is 15.8. The topological polar surface area (TPSA) is 59.1 Å². The summed E-state index contributed by atoms with van der Waals surface area (Å²) in [5.74, 6) is -0.0158. The molecule has 25 heavy (non-hydrogen) atoms. The third kappa shape index (κ3) is 4.75. The molecule has 0 aliphatic heterocycles. The van der Waals surface area contributed by atoms with Gasteiger partial charge in [-0.1, -0.05) is 60.2 Å². The number of thiazole rings is 1. The van der Waals surface area contributed by atoms with E-state index in [0.29, 0.717) is 0 Å². The lowest BCUT2D eigenvalue weighted by Crippen LogP contribution is -2.24. The minimum atomic E-state index is -3.39. The zero-order valence-electron chi connectivity index (χ0n) is 14.2. The predicted octanol–water partition coefficient (Wildman–Crippen LogP) is 4.05. The molecule has 0 aliphatic carbocycles. The van der Waals surface area contributed by atoms with E-state index >= 15 is 0 Å². The molecule has 1 aromatic heterocycles. The Morgan fingerprint density at radius 2 is 1.80 bits per heavy atom. The number of nitrogens with one attached hydrogen (secondary N) is 1. The summed E-state index contributed by atoms with van der Waals surface area (Å²) in [5.41, 5.74) is 3.75. The van der Waals surface area contributed by atoms with Gasteiger partial charge in [-0.15, -0.1) is 11.3 Å². The van der Waals surface area contributed by atoms with Crippen molar-refractivity contribution >= 4 is 21.4 Å². The van der Waals surface area contributed by atoms with Crippen LogP contribution in [0.3, 0.4) is 0 Å². The first-order valence-corrected chi connectivity index (χ1v) is 10.4. The first-order valence-electron chi connectivity index (χ1n) is 7.97. The normalized spacial score (nSPS) is 11.6. The average molecular weight is 373 g/mol. The molecule has 1 heterocycles. The highest BCUT2D eigenvalue weighted by atomic mass is 32.2. The van der Waals surface area contributed by atoms with Gasteiger partial charge in [-0.25, -0.2) is 18.1 Å². The Kier molecular flexibility index (Phi) is 5.32. The van der Waals surface area contributed by atoms with Gasteiger partial charge >= 0.3 is 0 Å². The lowest BCUT2D eigenvalue weighted by atomic mass is 10.2. The van der Waals surface area contributed by atoms with Crippen LogP contribution in [0.4, 0.5) is 0 Å². The second kappa shape index (κ2) is 7.47.